The zero-order chi connectivity index (χ0) is 11.8. The molecule has 2 heterocycles. The van der Waals surface area contributed by atoms with Gasteiger partial charge in [0.05, 0.1) is 12.2 Å². The Hall–Kier alpha value is -0.870. The van der Waals surface area contributed by atoms with Gasteiger partial charge in [0, 0.05) is 24.3 Å². The van der Waals surface area contributed by atoms with Crippen molar-refractivity contribution in [3.05, 3.63) is 18.0 Å². The molecule has 0 bridgehead atoms. The molecule has 1 aliphatic rings. The first kappa shape index (κ1) is 11.6. The largest absolute Gasteiger partial charge is 0.322 e. The Bertz CT molecular complexity index is 350. The summed E-state index contributed by atoms with van der Waals surface area (Å²) in [5.41, 5.74) is 7.51. The smallest absolute Gasteiger partial charge is 0.0538 e. The van der Waals surface area contributed by atoms with E-state index < -0.39 is 0 Å². The summed E-state index contributed by atoms with van der Waals surface area (Å²) in [6.45, 7) is 6.80. The molecule has 1 aromatic heterocycles. The summed E-state index contributed by atoms with van der Waals surface area (Å²) < 4.78 is 1.81. The predicted molar refractivity (Wildman–Crippen MR) is 65.0 cm³/mol. The molecule has 4 heteroatoms. The second-order valence-electron chi connectivity index (χ2n) is 5.27. The number of aromatic nitrogens is 2. The standard InChI is InChI=1S/C12H22N4/c1-12(2,16-6-4-5-7-16)11(13)10-8-14-15(3)9-10/h8-9,11H,4-7,13H2,1-3H3. The molecule has 16 heavy (non-hydrogen) atoms. The minimum atomic E-state index is 0.0134. The van der Waals surface area contributed by atoms with E-state index in [4.69, 9.17) is 5.73 Å². The fourth-order valence-corrected chi connectivity index (χ4v) is 2.50. The minimum absolute atomic E-state index is 0.0134. The third kappa shape index (κ3) is 1.99. The van der Waals surface area contributed by atoms with Crippen LogP contribution in [0, 0.1) is 0 Å². The van der Waals surface area contributed by atoms with Crippen LogP contribution in [0.4, 0.5) is 0 Å². The van der Waals surface area contributed by atoms with Crippen LogP contribution in [0.25, 0.3) is 0 Å². The maximum absolute atomic E-state index is 6.37. The van der Waals surface area contributed by atoms with Crippen LogP contribution in [-0.4, -0.2) is 33.3 Å². The van der Waals surface area contributed by atoms with E-state index in [0.29, 0.717) is 0 Å². The number of likely N-dealkylation sites (tertiary alicyclic amines) is 1. The van der Waals surface area contributed by atoms with Crippen molar-refractivity contribution in [1.29, 1.82) is 0 Å². The van der Waals surface area contributed by atoms with Crippen molar-refractivity contribution in [3.63, 3.8) is 0 Å². The Morgan fingerprint density at radius 1 is 1.38 bits per heavy atom. The molecule has 0 spiro atoms. The Morgan fingerprint density at radius 2 is 2.00 bits per heavy atom. The van der Waals surface area contributed by atoms with Crippen molar-refractivity contribution in [2.45, 2.75) is 38.3 Å². The van der Waals surface area contributed by atoms with Crippen molar-refractivity contribution >= 4 is 0 Å². The van der Waals surface area contributed by atoms with Gasteiger partial charge in [-0.2, -0.15) is 5.10 Å². The van der Waals surface area contributed by atoms with E-state index in [1.807, 2.05) is 24.1 Å². The minimum Gasteiger partial charge on any atom is -0.322 e. The first-order valence-corrected chi connectivity index (χ1v) is 6.01. The highest BCUT2D eigenvalue weighted by molar-refractivity contribution is 5.15. The molecule has 0 saturated carbocycles. The highest BCUT2D eigenvalue weighted by Gasteiger charge is 2.35. The molecule has 0 aromatic carbocycles. The Labute approximate surface area is 97.4 Å². The lowest BCUT2D eigenvalue weighted by Gasteiger charge is -2.40. The maximum Gasteiger partial charge on any atom is 0.0538 e. The van der Waals surface area contributed by atoms with Gasteiger partial charge in [-0.15, -0.1) is 0 Å². The number of nitrogens with zero attached hydrogens (tertiary/aromatic N) is 3. The van der Waals surface area contributed by atoms with Gasteiger partial charge < -0.3 is 5.73 Å². The average molecular weight is 222 g/mol. The van der Waals surface area contributed by atoms with Gasteiger partial charge in [-0.25, -0.2) is 0 Å². The van der Waals surface area contributed by atoms with Crippen LogP contribution >= 0.6 is 0 Å². The van der Waals surface area contributed by atoms with E-state index in [1.54, 1.807) is 0 Å². The first-order valence-electron chi connectivity index (χ1n) is 6.01. The lowest BCUT2D eigenvalue weighted by atomic mass is 9.89. The van der Waals surface area contributed by atoms with Gasteiger partial charge >= 0.3 is 0 Å². The van der Waals surface area contributed by atoms with Gasteiger partial charge in [0.2, 0.25) is 0 Å². The second kappa shape index (κ2) is 4.18. The Kier molecular flexibility index (Phi) is 3.04. The van der Waals surface area contributed by atoms with Gasteiger partial charge in [0.15, 0.2) is 0 Å². The van der Waals surface area contributed by atoms with Gasteiger partial charge in [-0.1, -0.05) is 0 Å². The molecule has 2 rings (SSSR count). The molecule has 1 unspecified atom stereocenters. The lowest BCUT2D eigenvalue weighted by molar-refractivity contribution is 0.124. The van der Waals surface area contributed by atoms with E-state index in [0.717, 1.165) is 5.56 Å². The fraction of sp³-hybridized carbons (Fsp3) is 0.750. The molecule has 4 nitrogen and oxygen atoms in total. The lowest BCUT2D eigenvalue weighted by Crippen LogP contribution is -2.49. The summed E-state index contributed by atoms with van der Waals surface area (Å²) in [7, 11) is 1.93. The van der Waals surface area contributed by atoms with E-state index in [2.05, 4.69) is 23.8 Å². The van der Waals surface area contributed by atoms with Gasteiger partial charge in [0.1, 0.15) is 0 Å². The van der Waals surface area contributed by atoms with Crippen molar-refractivity contribution in [1.82, 2.24) is 14.7 Å². The molecule has 0 amide bonds. The third-order valence-corrected chi connectivity index (χ3v) is 3.77. The monoisotopic (exact) mass is 222 g/mol. The molecule has 0 radical (unpaired) electrons. The van der Waals surface area contributed by atoms with Crippen LogP contribution in [0.15, 0.2) is 12.4 Å². The summed E-state index contributed by atoms with van der Waals surface area (Å²) in [4.78, 5) is 2.49. The molecular formula is C12H22N4. The molecule has 1 saturated heterocycles. The van der Waals surface area contributed by atoms with Crippen LogP contribution < -0.4 is 5.73 Å². The molecule has 1 atom stereocenters. The second-order valence-corrected chi connectivity index (χ2v) is 5.27. The van der Waals surface area contributed by atoms with E-state index >= 15 is 0 Å². The number of hydrogen-bond acceptors (Lipinski definition) is 3. The summed E-state index contributed by atoms with van der Waals surface area (Å²) in [6.07, 6.45) is 6.48. The topological polar surface area (TPSA) is 47.1 Å². The van der Waals surface area contributed by atoms with Crippen LogP contribution in [-0.2, 0) is 7.05 Å². The maximum atomic E-state index is 6.37. The predicted octanol–water partition coefficient (Wildman–Crippen LogP) is 1.29. The fourth-order valence-electron chi connectivity index (χ4n) is 2.50. The number of hydrogen-bond donors (Lipinski definition) is 1. The SMILES string of the molecule is Cn1cc(C(N)C(C)(C)N2CCCC2)cn1. The molecule has 0 aliphatic carbocycles. The highest BCUT2D eigenvalue weighted by atomic mass is 15.3. The molecule has 2 N–H and O–H groups in total. The molecular weight excluding hydrogens is 200 g/mol. The molecule has 90 valence electrons. The third-order valence-electron chi connectivity index (χ3n) is 3.77. The van der Waals surface area contributed by atoms with Crippen LogP contribution in [0.1, 0.15) is 38.3 Å². The van der Waals surface area contributed by atoms with E-state index in [9.17, 15) is 0 Å². The van der Waals surface area contributed by atoms with Gasteiger partial charge in [-0.05, 0) is 39.8 Å². The quantitative estimate of drug-likeness (QED) is 0.838. The average Bonchev–Trinajstić information content (AvgIpc) is 2.86. The van der Waals surface area contributed by atoms with Crippen molar-refractivity contribution < 1.29 is 0 Å². The number of nitrogens with two attached hydrogens (primary N) is 1. The summed E-state index contributed by atoms with van der Waals surface area (Å²) >= 11 is 0. The van der Waals surface area contributed by atoms with E-state index in [1.165, 1.54) is 25.9 Å². The van der Waals surface area contributed by atoms with Gasteiger partial charge in [-0.3, -0.25) is 9.58 Å². The highest BCUT2D eigenvalue weighted by Crippen LogP contribution is 2.31. The molecule has 1 aromatic rings. The van der Waals surface area contributed by atoms with Crippen molar-refractivity contribution in [2.24, 2.45) is 12.8 Å². The van der Waals surface area contributed by atoms with Crippen LogP contribution in [0.3, 0.4) is 0 Å². The number of rotatable bonds is 3. The van der Waals surface area contributed by atoms with Crippen LogP contribution in [0.5, 0.6) is 0 Å². The van der Waals surface area contributed by atoms with Crippen molar-refractivity contribution in [3.8, 4) is 0 Å². The Morgan fingerprint density at radius 3 is 2.50 bits per heavy atom. The molecule has 1 fully saturated rings. The summed E-state index contributed by atoms with van der Waals surface area (Å²) in [5.74, 6) is 0. The Balaban J connectivity index is 2.15. The van der Waals surface area contributed by atoms with Crippen LogP contribution in [0.2, 0.25) is 0 Å². The van der Waals surface area contributed by atoms with Crippen molar-refractivity contribution in [2.75, 3.05) is 13.1 Å². The normalized spacial score (nSPS) is 20.2. The first-order chi connectivity index (χ1) is 7.51. The summed E-state index contributed by atoms with van der Waals surface area (Å²) in [5, 5.41) is 4.20. The zero-order valence-corrected chi connectivity index (χ0v) is 10.5. The summed E-state index contributed by atoms with van der Waals surface area (Å²) in [6, 6.07) is 0.0271. The van der Waals surface area contributed by atoms with E-state index in [-0.39, 0.29) is 11.6 Å². The van der Waals surface area contributed by atoms with Gasteiger partial charge in [0.25, 0.3) is 0 Å². The zero-order valence-electron chi connectivity index (χ0n) is 10.5. The number of aryl methyl sites for hydroxylation is 1. The molecule has 1 aliphatic heterocycles.